The minimum absolute atomic E-state index is 0.381. The van der Waals surface area contributed by atoms with Crippen molar-refractivity contribution in [2.24, 2.45) is 0 Å². The quantitative estimate of drug-likeness (QED) is 0.768. The Hall–Kier alpha value is -1.60. The molecular weight excluding hydrogens is 242 g/mol. The standard InChI is InChI=1S/C19H23N/c1-2-20-19(16-10-4-3-5-11-16)18-14-8-12-15-9-6-7-13-17(15)18/h6-10,12-14,19-20H,2-5,11H2,1H3. The second-order valence-corrected chi connectivity index (χ2v) is 5.58. The van der Waals surface area contributed by atoms with Crippen LogP contribution in [0.25, 0.3) is 10.8 Å². The van der Waals surface area contributed by atoms with Crippen LogP contribution >= 0.6 is 0 Å². The van der Waals surface area contributed by atoms with E-state index < -0.39 is 0 Å². The molecule has 0 saturated carbocycles. The summed E-state index contributed by atoms with van der Waals surface area (Å²) in [5.41, 5.74) is 3.01. The molecule has 0 aliphatic heterocycles. The number of rotatable bonds is 4. The fourth-order valence-corrected chi connectivity index (χ4v) is 3.27. The van der Waals surface area contributed by atoms with Crippen LogP contribution in [0, 0.1) is 0 Å². The Morgan fingerprint density at radius 3 is 2.70 bits per heavy atom. The third-order valence-corrected chi connectivity index (χ3v) is 4.24. The zero-order chi connectivity index (χ0) is 13.8. The Bertz CT molecular complexity index is 607. The van der Waals surface area contributed by atoms with E-state index in [4.69, 9.17) is 0 Å². The Morgan fingerprint density at radius 2 is 1.90 bits per heavy atom. The van der Waals surface area contributed by atoms with Crippen molar-refractivity contribution in [2.45, 2.75) is 38.6 Å². The zero-order valence-corrected chi connectivity index (χ0v) is 12.2. The van der Waals surface area contributed by atoms with Gasteiger partial charge in [-0.25, -0.2) is 0 Å². The van der Waals surface area contributed by atoms with Gasteiger partial charge in [-0.15, -0.1) is 0 Å². The lowest BCUT2D eigenvalue weighted by Gasteiger charge is -2.25. The third kappa shape index (κ3) is 2.64. The first-order valence-electron chi connectivity index (χ1n) is 7.80. The van der Waals surface area contributed by atoms with Gasteiger partial charge in [-0.05, 0) is 48.6 Å². The first kappa shape index (κ1) is 13.4. The highest BCUT2D eigenvalue weighted by Gasteiger charge is 2.18. The molecule has 0 heterocycles. The van der Waals surface area contributed by atoms with E-state index >= 15 is 0 Å². The predicted molar refractivity (Wildman–Crippen MR) is 86.9 cm³/mol. The van der Waals surface area contributed by atoms with Gasteiger partial charge in [0.15, 0.2) is 0 Å². The molecule has 1 nitrogen and oxygen atoms in total. The fraction of sp³-hybridized carbons (Fsp3) is 0.368. The van der Waals surface area contributed by atoms with Gasteiger partial charge in [0.1, 0.15) is 0 Å². The van der Waals surface area contributed by atoms with Crippen molar-refractivity contribution in [3.8, 4) is 0 Å². The van der Waals surface area contributed by atoms with Gasteiger partial charge in [-0.2, -0.15) is 0 Å². The van der Waals surface area contributed by atoms with E-state index in [2.05, 4.69) is 60.8 Å². The topological polar surface area (TPSA) is 12.0 Å². The molecule has 0 saturated heterocycles. The van der Waals surface area contributed by atoms with Gasteiger partial charge < -0.3 is 5.32 Å². The summed E-state index contributed by atoms with van der Waals surface area (Å²) in [5, 5.41) is 6.41. The van der Waals surface area contributed by atoms with Crippen molar-refractivity contribution >= 4 is 10.8 Å². The van der Waals surface area contributed by atoms with Gasteiger partial charge in [0, 0.05) is 0 Å². The van der Waals surface area contributed by atoms with Crippen molar-refractivity contribution in [3.05, 3.63) is 59.7 Å². The van der Waals surface area contributed by atoms with E-state index in [-0.39, 0.29) is 0 Å². The summed E-state index contributed by atoms with van der Waals surface area (Å²) in [5.74, 6) is 0. The highest BCUT2D eigenvalue weighted by molar-refractivity contribution is 5.86. The minimum atomic E-state index is 0.381. The van der Waals surface area contributed by atoms with Crippen LogP contribution in [0.2, 0.25) is 0 Å². The number of fused-ring (bicyclic) bond motifs is 1. The predicted octanol–water partition coefficient (Wildman–Crippen LogP) is 4.99. The van der Waals surface area contributed by atoms with Gasteiger partial charge in [0.2, 0.25) is 0 Å². The van der Waals surface area contributed by atoms with Crippen LogP contribution in [0.4, 0.5) is 0 Å². The highest BCUT2D eigenvalue weighted by atomic mass is 14.9. The molecular formula is C19H23N. The molecule has 1 unspecified atom stereocenters. The molecule has 1 aliphatic rings. The largest absolute Gasteiger partial charge is 0.307 e. The molecule has 0 bridgehead atoms. The molecule has 1 aliphatic carbocycles. The zero-order valence-electron chi connectivity index (χ0n) is 12.2. The summed E-state index contributed by atoms with van der Waals surface area (Å²) in [7, 11) is 0. The van der Waals surface area contributed by atoms with Crippen LogP contribution < -0.4 is 5.32 Å². The number of benzene rings is 2. The molecule has 20 heavy (non-hydrogen) atoms. The Morgan fingerprint density at radius 1 is 1.05 bits per heavy atom. The van der Waals surface area contributed by atoms with Crippen LogP contribution in [0.3, 0.4) is 0 Å². The number of hydrogen-bond donors (Lipinski definition) is 1. The van der Waals surface area contributed by atoms with Gasteiger partial charge in [0.05, 0.1) is 6.04 Å². The lowest BCUT2D eigenvalue weighted by molar-refractivity contribution is 0.566. The number of allylic oxidation sites excluding steroid dienone is 1. The molecule has 0 radical (unpaired) electrons. The fourth-order valence-electron chi connectivity index (χ4n) is 3.27. The van der Waals surface area contributed by atoms with Crippen molar-refractivity contribution in [1.29, 1.82) is 0 Å². The van der Waals surface area contributed by atoms with Gasteiger partial charge in [-0.1, -0.05) is 61.0 Å². The molecule has 2 aromatic rings. The number of likely N-dealkylation sites (N-methyl/N-ethyl adjacent to an activating group) is 1. The molecule has 1 atom stereocenters. The van der Waals surface area contributed by atoms with Crippen LogP contribution in [-0.2, 0) is 0 Å². The van der Waals surface area contributed by atoms with E-state index in [9.17, 15) is 0 Å². The number of hydrogen-bond acceptors (Lipinski definition) is 1. The monoisotopic (exact) mass is 265 g/mol. The second kappa shape index (κ2) is 6.23. The average molecular weight is 265 g/mol. The van der Waals surface area contributed by atoms with Crippen molar-refractivity contribution in [2.75, 3.05) is 6.54 Å². The molecule has 1 N–H and O–H groups in total. The molecule has 3 rings (SSSR count). The van der Waals surface area contributed by atoms with Gasteiger partial charge in [0.25, 0.3) is 0 Å². The van der Waals surface area contributed by atoms with E-state index in [1.165, 1.54) is 42.0 Å². The van der Waals surface area contributed by atoms with Crippen LogP contribution in [0.1, 0.15) is 44.2 Å². The minimum Gasteiger partial charge on any atom is -0.307 e. The second-order valence-electron chi connectivity index (χ2n) is 5.58. The molecule has 1 heteroatoms. The Balaban J connectivity index is 2.07. The number of nitrogens with one attached hydrogen (secondary N) is 1. The maximum Gasteiger partial charge on any atom is 0.0542 e. The van der Waals surface area contributed by atoms with E-state index in [0.717, 1.165) is 6.54 Å². The molecule has 0 fully saturated rings. The Kier molecular flexibility index (Phi) is 4.17. The van der Waals surface area contributed by atoms with Crippen molar-refractivity contribution in [1.82, 2.24) is 5.32 Å². The maximum atomic E-state index is 3.69. The Labute approximate surface area is 121 Å². The first-order valence-corrected chi connectivity index (χ1v) is 7.80. The van der Waals surface area contributed by atoms with Gasteiger partial charge >= 0.3 is 0 Å². The molecule has 2 aromatic carbocycles. The lowest BCUT2D eigenvalue weighted by atomic mass is 9.87. The van der Waals surface area contributed by atoms with E-state index in [1.54, 1.807) is 5.57 Å². The smallest absolute Gasteiger partial charge is 0.0542 e. The first-order chi connectivity index (χ1) is 9.90. The third-order valence-electron chi connectivity index (χ3n) is 4.24. The van der Waals surface area contributed by atoms with Crippen molar-refractivity contribution in [3.63, 3.8) is 0 Å². The van der Waals surface area contributed by atoms with Crippen molar-refractivity contribution < 1.29 is 0 Å². The van der Waals surface area contributed by atoms with Crippen LogP contribution in [0.5, 0.6) is 0 Å². The summed E-state index contributed by atoms with van der Waals surface area (Å²) >= 11 is 0. The van der Waals surface area contributed by atoms with Gasteiger partial charge in [-0.3, -0.25) is 0 Å². The maximum absolute atomic E-state index is 3.69. The lowest BCUT2D eigenvalue weighted by Crippen LogP contribution is -2.23. The van der Waals surface area contributed by atoms with Crippen LogP contribution in [-0.4, -0.2) is 6.54 Å². The summed E-state index contributed by atoms with van der Waals surface area (Å²) < 4.78 is 0. The molecule has 0 spiro atoms. The summed E-state index contributed by atoms with van der Waals surface area (Å²) in [6, 6.07) is 15.8. The van der Waals surface area contributed by atoms with Crippen LogP contribution in [0.15, 0.2) is 54.1 Å². The summed E-state index contributed by atoms with van der Waals surface area (Å²) in [4.78, 5) is 0. The SMILES string of the molecule is CCNC(C1=CCCCC1)c1cccc2ccccc12. The summed E-state index contributed by atoms with van der Waals surface area (Å²) in [6.45, 7) is 3.20. The normalized spacial score (nSPS) is 16.9. The molecule has 104 valence electrons. The summed E-state index contributed by atoms with van der Waals surface area (Å²) in [6.07, 6.45) is 7.61. The van der Waals surface area contributed by atoms with E-state index in [1.807, 2.05) is 0 Å². The highest BCUT2D eigenvalue weighted by Crippen LogP contribution is 2.33. The average Bonchev–Trinajstić information content (AvgIpc) is 2.53. The van der Waals surface area contributed by atoms with E-state index in [0.29, 0.717) is 6.04 Å². The molecule has 0 aromatic heterocycles. The molecule has 0 amide bonds.